The first-order valence-corrected chi connectivity index (χ1v) is 9.30. The second-order valence-electron chi connectivity index (χ2n) is 7.19. The Morgan fingerprint density at radius 2 is 1.55 bits per heavy atom. The Morgan fingerprint density at radius 3 is 2.00 bits per heavy atom. The van der Waals surface area contributed by atoms with Crippen molar-refractivity contribution in [2.24, 2.45) is 14.1 Å². The Kier molecular flexibility index (Phi) is 7.75. The molecule has 0 saturated heterocycles. The van der Waals surface area contributed by atoms with Crippen LogP contribution in [0.15, 0.2) is 49.1 Å². The zero-order valence-corrected chi connectivity index (χ0v) is 20.0. The van der Waals surface area contributed by atoms with Gasteiger partial charge in [-0.25, -0.2) is 0 Å². The van der Waals surface area contributed by atoms with Crippen molar-refractivity contribution in [2.75, 3.05) is 0 Å². The minimum atomic E-state index is 0. The van der Waals surface area contributed by atoms with Crippen LogP contribution in [0.1, 0.15) is 22.3 Å². The number of nitrogens with zero attached hydrogens (tertiary/aromatic N) is 4. The molecule has 2 heterocycles. The predicted molar refractivity (Wildman–Crippen MR) is 112 cm³/mol. The number of rotatable bonds is 2. The summed E-state index contributed by atoms with van der Waals surface area (Å²) in [6.45, 7) is 8.33. The molecule has 0 aliphatic rings. The fraction of sp³-hybridized carbons (Fsp3) is 0.250. The third kappa shape index (κ3) is 5.33. The Labute approximate surface area is 187 Å². The van der Waals surface area contributed by atoms with E-state index in [9.17, 15) is 0 Å². The van der Waals surface area contributed by atoms with Gasteiger partial charge in [-0.15, -0.1) is 69.8 Å². The molecule has 4 nitrogen and oxygen atoms in total. The minimum absolute atomic E-state index is 0. The Morgan fingerprint density at radius 1 is 0.966 bits per heavy atom. The van der Waals surface area contributed by atoms with Gasteiger partial charge < -0.3 is 9.13 Å². The average Bonchev–Trinajstić information content (AvgIpc) is 3.24. The standard InChI is InChI=1S/2C12H13N2.Pt/c2*1-9-4-5-11(10(2)8-9)12-13-6-7-14(12)3;/h2*4,6-8H,1-3H3;/q2*-1;. The Balaban J connectivity index is 0.000000200. The molecule has 4 aromatic rings. The van der Waals surface area contributed by atoms with E-state index < -0.39 is 0 Å². The van der Waals surface area contributed by atoms with Crippen molar-refractivity contribution in [1.82, 2.24) is 14.5 Å². The van der Waals surface area contributed by atoms with Crippen LogP contribution < -0.4 is 9.55 Å². The first-order chi connectivity index (χ1) is 13.4. The number of aromatic nitrogens is 4. The van der Waals surface area contributed by atoms with Gasteiger partial charge in [0.15, 0.2) is 0 Å². The van der Waals surface area contributed by atoms with Crippen molar-refractivity contribution >= 4 is 0 Å². The number of imidazole rings is 2. The minimum Gasteiger partial charge on any atom is -0.373 e. The van der Waals surface area contributed by atoms with Gasteiger partial charge >= 0.3 is 0 Å². The molecule has 4 rings (SSSR count). The fourth-order valence-electron chi connectivity index (χ4n) is 3.21. The third-order valence-electron chi connectivity index (χ3n) is 4.65. The maximum absolute atomic E-state index is 4.31. The van der Waals surface area contributed by atoms with E-state index in [0.29, 0.717) is 0 Å². The van der Waals surface area contributed by atoms with Gasteiger partial charge in [0.05, 0.1) is 11.6 Å². The molecule has 0 atom stereocenters. The van der Waals surface area contributed by atoms with Crippen molar-refractivity contribution in [3.05, 3.63) is 83.4 Å². The summed E-state index contributed by atoms with van der Waals surface area (Å²) >= 11 is 0. The molecular weight excluding hydrogens is 539 g/mol. The molecule has 0 saturated carbocycles. The largest absolute Gasteiger partial charge is 0.373 e. The predicted octanol–water partition coefficient (Wildman–Crippen LogP) is 4.05. The molecule has 5 heteroatoms. The summed E-state index contributed by atoms with van der Waals surface area (Å²) in [5.41, 5.74) is 7.09. The SMILES string of the molecule is Cc1c[c-]c(-c2[n-]cc[n+]2C)c(C)c1.Cc1c[c-]c(-c2nccn2C)c(C)c1.[Pt]. The number of hydrogen-bond acceptors (Lipinski definition) is 1. The van der Waals surface area contributed by atoms with Crippen molar-refractivity contribution in [3.8, 4) is 22.8 Å². The summed E-state index contributed by atoms with van der Waals surface area (Å²) in [4.78, 5) is 8.62. The summed E-state index contributed by atoms with van der Waals surface area (Å²) in [7, 11) is 3.99. The fourth-order valence-corrected chi connectivity index (χ4v) is 3.21. The van der Waals surface area contributed by atoms with Crippen LogP contribution in [0.3, 0.4) is 0 Å². The first-order valence-electron chi connectivity index (χ1n) is 9.30. The molecule has 2 aromatic heterocycles. The molecule has 2 aromatic carbocycles. The van der Waals surface area contributed by atoms with Gasteiger partial charge in [0.1, 0.15) is 0 Å². The molecular formula is C24H26N4Pt-2. The molecule has 154 valence electrons. The van der Waals surface area contributed by atoms with Crippen molar-refractivity contribution in [3.63, 3.8) is 0 Å². The summed E-state index contributed by atoms with van der Waals surface area (Å²) in [5, 5.41) is 0. The second kappa shape index (κ2) is 9.84. The van der Waals surface area contributed by atoms with Gasteiger partial charge in [-0.2, -0.15) is 0 Å². The molecule has 0 fully saturated rings. The van der Waals surface area contributed by atoms with E-state index in [-0.39, 0.29) is 21.1 Å². The van der Waals surface area contributed by atoms with E-state index in [1.165, 1.54) is 22.3 Å². The van der Waals surface area contributed by atoms with Gasteiger partial charge in [-0.3, -0.25) is 9.97 Å². The monoisotopic (exact) mass is 565 g/mol. The zero-order valence-electron chi connectivity index (χ0n) is 17.7. The summed E-state index contributed by atoms with van der Waals surface area (Å²) in [6, 6.07) is 14.8. The molecule has 0 bridgehead atoms. The quantitative estimate of drug-likeness (QED) is 0.272. The van der Waals surface area contributed by atoms with Gasteiger partial charge in [0, 0.05) is 59.9 Å². The van der Waals surface area contributed by atoms with Crippen LogP contribution in [-0.2, 0) is 35.2 Å². The van der Waals surface area contributed by atoms with Crippen molar-refractivity contribution in [2.45, 2.75) is 27.7 Å². The number of benzene rings is 2. The van der Waals surface area contributed by atoms with Gasteiger partial charge in [0.25, 0.3) is 0 Å². The van der Waals surface area contributed by atoms with Gasteiger partial charge in [-0.1, -0.05) is 27.7 Å². The van der Waals surface area contributed by atoms with E-state index in [4.69, 9.17) is 0 Å². The van der Waals surface area contributed by atoms with E-state index in [2.05, 4.69) is 61.9 Å². The molecule has 0 radical (unpaired) electrons. The molecule has 0 amide bonds. The molecule has 0 spiro atoms. The molecule has 0 N–H and O–H groups in total. The van der Waals surface area contributed by atoms with Crippen LogP contribution in [0.25, 0.3) is 22.8 Å². The molecule has 29 heavy (non-hydrogen) atoms. The van der Waals surface area contributed by atoms with Crippen molar-refractivity contribution < 1.29 is 25.6 Å². The van der Waals surface area contributed by atoms with E-state index in [0.717, 1.165) is 22.8 Å². The van der Waals surface area contributed by atoms with E-state index >= 15 is 0 Å². The maximum Gasteiger partial charge on any atom is 0.0558 e. The Bertz CT molecular complexity index is 1000. The Hall–Kier alpha value is -2.45. The number of hydrogen-bond donors (Lipinski definition) is 0. The van der Waals surface area contributed by atoms with Crippen LogP contribution in [0, 0.1) is 39.8 Å². The first kappa shape index (κ1) is 22.8. The van der Waals surface area contributed by atoms with Gasteiger partial charge in [0.2, 0.25) is 0 Å². The summed E-state index contributed by atoms with van der Waals surface area (Å²) in [5.74, 6) is 1.95. The number of aryl methyl sites for hydroxylation is 6. The maximum atomic E-state index is 4.31. The molecule has 0 unspecified atom stereocenters. The molecule has 0 aliphatic heterocycles. The smallest absolute Gasteiger partial charge is 0.0558 e. The third-order valence-corrected chi connectivity index (χ3v) is 4.65. The van der Waals surface area contributed by atoms with E-state index in [1.54, 1.807) is 0 Å². The van der Waals surface area contributed by atoms with Crippen LogP contribution in [-0.4, -0.2) is 9.55 Å². The van der Waals surface area contributed by atoms with Crippen LogP contribution in [0.4, 0.5) is 0 Å². The molecule has 0 aliphatic carbocycles. The van der Waals surface area contributed by atoms with E-state index in [1.807, 2.05) is 60.1 Å². The van der Waals surface area contributed by atoms with Crippen LogP contribution >= 0.6 is 0 Å². The summed E-state index contributed by atoms with van der Waals surface area (Å²) < 4.78 is 4.02. The average molecular weight is 566 g/mol. The van der Waals surface area contributed by atoms with Gasteiger partial charge in [-0.05, 0) is 0 Å². The van der Waals surface area contributed by atoms with Crippen LogP contribution in [0.2, 0.25) is 0 Å². The van der Waals surface area contributed by atoms with Crippen molar-refractivity contribution in [1.29, 1.82) is 0 Å². The summed E-state index contributed by atoms with van der Waals surface area (Å²) in [6.07, 6.45) is 7.51. The topological polar surface area (TPSA) is 35.8 Å². The zero-order chi connectivity index (χ0) is 20.3. The normalized spacial score (nSPS) is 10.1. The second-order valence-corrected chi connectivity index (χ2v) is 7.19. The van der Waals surface area contributed by atoms with Crippen LogP contribution in [0.5, 0.6) is 0 Å².